The molecule has 0 saturated carbocycles. The lowest BCUT2D eigenvalue weighted by molar-refractivity contribution is -0.131. The van der Waals surface area contributed by atoms with Crippen LogP contribution in [0, 0.1) is 0 Å². The maximum atomic E-state index is 10.9. The van der Waals surface area contributed by atoms with E-state index in [1.54, 1.807) is 24.3 Å². The number of aliphatic hydroxyl groups excluding tert-OH is 2. The van der Waals surface area contributed by atoms with Gasteiger partial charge in [-0.05, 0) is 17.0 Å². The highest BCUT2D eigenvalue weighted by atomic mass is 16.3. The van der Waals surface area contributed by atoms with Gasteiger partial charge in [-0.25, -0.2) is 0 Å². The van der Waals surface area contributed by atoms with Gasteiger partial charge in [0.05, 0.1) is 0 Å². The Morgan fingerprint density at radius 2 is 1.67 bits per heavy atom. The van der Waals surface area contributed by atoms with Gasteiger partial charge in [0.1, 0.15) is 11.9 Å². The number of fused-ring (bicyclic) bond motifs is 1. The Kier molecular flexibility index (Phi) is 3.18. The molecule has 0 radical (unpaired) electrons. The summed E-state index contributed by atoms with van der Waals surface area (Å²) in [5.41, 5.74) is 5.29. The van der Waals surface area contributed by atoms with Gasteiger partial charge in [-0.1, -0.05) is 30.3 Å². The molecule has 5 N–H and O–H groups in total. The summed E-state index contributed by atoms with van der Waals surface area (Å²) in [5.74, 6) is -0.935. The molecule has 0 fully saturated rings. The van der Waals surface area contributed by atoms with Crippen molar-refractivity contribution >= 4 is 16.7 Å². The van der Waals surface area contributed by atoms with Crippen molar-refractivity contribution in [1.82, 2.24) is 0 Å². The molecular formula is C13H13NO4. The summed E-state index contributed by atoms with van der Waals surface area (Å²) in [7, 11) is 0. The molecule has 2 aromatic carbocycles. The third-order valence-electron chi connectivity index (χ3n) is 2.84. The summed E-state index contributed by atoms with van der Waals surface area (Å²) in [6.45, 7) is 0. The highest BCUT2D eigenvalue weighted by Gasteiger charge is 2.25. The second kappa shape index (κ2) is 4.64. The first-order valence-electron chi connectivity index (χ1n) is 5.38. The van der Waals surface area contributed by atoms with Gasteiger partial charge in [0, 0.05) is 5.39 Å². The monoisotopic (exact) mass is 247 g/mol. The molecule has 5 heteroatoms. The van der Waals surface area contributed by atoms with Gasteiger partial charge in [0.25, 0.3) is 0 Å². The number of rotatable bonds is 3. The van der Waals surface area contributed by atoms with Gasteiger partial charge in [0.15, 0.2) is 6.10 Å². The Morgan fingerprint density at radius 3 is 2.28 bits per heavy atom. The van der Waals surface area contributed by atoms with Crippen molar-refractivity contribution in [2.45, 2.75) is 12.2 Å². The maximum Gasteiger partial charge on any atom is 0.249 e. The van der Waals surface area contributed by atoms with E-state index in [1.807, 2.05) is 0 Å². The number of aromatic hydroxyl groups is 1. The van der Waals surface area contributed by atoms with Crippen LogP contribution in [-0.2, 0) is 4.79 Å². The molecule has 2 atom stereocenters. The van der Waals surface area contributed by atoms with Crippen molar-refractivity contribution in [1.29, 1.82) is 0 Å². The number of amides is 1. The average Bonchev–Trinajstić information content (AvgIpc) is 2.38. The first kappa shape index (κ1) is 12.3. The SMILES string of the molecule is NC(=O)C(O)C(O)c1ccc(O)c2ccccc12. The zero-order valence-corrected chi connectivity index (χ0v) is 9.45. The standard InChI is InChI=1S/C13H13NO4/c14-13(18)12(17)11(16)9-5-6-10(15)8-4-2-1-3-7(8)9/h1-6,11-12,15-17H,(H2,14,18). The summed E-state index contributed by atoms with van der Waals surface area (Å²) < 4.78 is 0. The summed E-state index contributed by atoms with van der Waals surface area (Å²) >= 11 is 0. The maximum absolute atomic E-state index is 10.9. The van der Waals surface area contributed by atoms with E-state index < -0.39 is 18.1 Å². The van der Waals surface area contributed by atoms with Crippen LogP contribution >= 0.6 is 0 Å². The highest BCUT2D eigenvalue weighted by molar-refractivity contribution is 5.91. The van der Waals surface area contributed by atoms with E-state index >= 15 is 0 Å². The van der Waals surface area contributed by atoms with Crippen LogP contribution in [0.2, 0.25) is 0 Å². The minimum Gasteiger partial charge on any atom is -0.507 e. The minimum atomic E-state index is -1.68. The second-order valence-electron chi connectivity index (χ2n) is 4.01. The Balaban J connectivity index is 2.58. The lowest BCUT2D eigenvalue weighted by Crippen LogP contribution is -2.33. The Hall–Kier alpha value is -2.11. The van der Waals surface area contributed by atoms with Gasteiger partial charge < -0.3 is 21.1 Å². The molecule has 0 aromatic heterocycles. The van der Waals surface area contributed by atoms with E-state index in [-0.39, 0.29) is 5.75 Å². The summed E-state index contributed by atoms with van der Waals surface area (Å²) in [6.07, 6.45) is -3.11. The number of carbonyl (C=O) groups is 1. The molecule has 5 nitrogen and oxygen atoms in total. The number of phenols is 1. The highest BCUT2D eigenvalue weighted by Crippen LogP contribution is 2.31. The molecule has 2 unspecified atom stereocenters. The largest absolute Gasteiger partial charge is 0.507 e. The smallest absolute Gasteiger partial charge is 0.249 e. The Labute approximate surface area is 103 Å². The van der Waals surface area contributed by atoms with E-state index in [1.165, 1.54) is 12.1 Å². The van der Waals surface area contributed by atoms with Crippen molar-refractivity contribution in [3.05, 3.63) is 42.0 Å². The van der Waals surface area contributed by atoms with Crippen LogP contribution in [0.5, 0.6) is 5.75 Å². The summed E-state index contributed by atoms with van der Waals surface area (Å²) in [6, 6.07) is 9.68. The van der Waals surface area contributed by atoms with E-state index in [0.29, 0.717) is 16.3 Å². The third kappa shape index (κ3) is 2.01. The fourth-order valence-electron chi connectivity index (χ4n) is 1.89. The van der Waals surface area contributed by atoms with Gasteiger partial charge in [-0.15, -0.1) is 0 Å². The normalized spacial score (nSPS) is 14.3. The number of hydrogen-bond acceptors (Lipinski definition) is 4. The zero-order valence-electron chi connectivity index (χ0n) is 9.45. The number of carbonyl (C=O) groups excluding carboxylic acids is 1. The van der Waals surface area contributed by atoms with Crippen LogP contribution < -0.4 is 5.73 Å². The summed E-state index contributed by atoms with van der Waals surface area (Å²) in [4.78, 5) is 10.9. The third-order valence-corrected chi connectivity index (χ3v) is 2.84. The first-order chi connectivity index (χ1) is 8.52. The van der Waals surface area contributed by atoms with Crippen molar-refractivity contribution in [2.24, 2.45) is 5.73 Å². The molecule has 0 aliphatic rings. The summed E-state index contributed by atoms with van der Waals surface area (Å²) in [5, 5.41) is 30.2. The van der Waals surface area contributed by atoms with Crippen LogP contribution in [0.4, 0.5) is 0 Å². The molecule has 18 heavy (non-hydrogen) atoms. The van der Waals surface area contributed by atoms with Crippen LogP contribution in [-0.4, -0.2) is 27.3 Å². The van der Waals surface area contributed by atoms with Gasteiger partial charge >= 0.3 is 0 Å². The minimum absolute atomic E-state index is 0.0649. The predicted molar refractivity (Wildman–Crippen MR) is 65.8 cm³/mol. The fourth-order valence-corrected chi connectivity index (χ4v) is 1.89. The van der Waals surface area contributed by atoms with E-state index in [0.717, 1.165) is 0 Å². The van der Waals surface area contributed by atoms with Crippen molar-refractivity contribution in [3.8, 4) is 5.75 Å². The van der Waals surface area contributed by atoms with Gasteiger partial charge in [-0.2, -0.15) is 0 Å². The van der Waals surface area contributed by atoms with Crippen LogP contribution in [0.25, 0.3) is 10.8 Å². The molecule has 0 saturated heterocycles. The number of benzene rings is 2. The van der Waals surface area contributed by atoms with E-state index in [4.69, 9.17) is 5.73 Å². The molecular weight excluding hydrogens is 234 g/mol. The number of primary amides is 1. The molecule has 2 rings (SSSR count). The topological polar surface area (TPSA) is 104 Å². The molecule has 0 aliphatic carbocycles. The van der Waals surface area contributed by atoms with Crippen molar-refractivity contribution in [3.63, 3.8) is 0 Å². The number of phenolic OH excluding ortho intramolecular Hbond substituents is 1. The first-order valence-corrected chi connectivity index (χ1v) is 5.38. The van der Waals surface area contributed by atoms with Crippen LogP contribution in [0.1, 0.15) is 11.7 Å². The number of nitrogens with two attached hydrogens (primary N) is 1. The van der Waals surface area contributed by atoms with E-state index in [9.17, 15) is 20.1 Å². The lowest BCUT2D eigenvalue weighted by atomic mass is 9.96. The quantitative estimate of drug-likeness (QED) is 0.631. The van der Waals surface area contributed by atoms with E-state index in [2.05, 4.69) is 0 Å². The molecule has 1 amide bonds. The van der Waals surface area contributed by atoms with Crippen LogP contribution in [0.15, 0.2) is 36.4 Å². The number of hydrogen-bond donors (Lipinski definition) is 4. The van der Waals surface area contributed by atoms with Gasteiger partial charge in [-0.3, -0.25) is 4.79 Å². The molecule has 94 valence electrons. The molecule has 0 bridgehead atoms. The van der Waals surface area contributed by atoms with Crippen molar-refractivity contribution in [2.75, 3.05) is 0 Å². The molecule has 0 aliphatic heterocycles. The molecule has 2 aromatic rings. The van der Waals surface area contributed by atoms with Crippen molar-refractivity contribution < 1.29 is 20.1 Å². The fraction of sp³-hybridized carbons (Fsp3) is 0.154. The number of aliphatic hydroxyl groups is 2. The predicted octanol–water partition coefficient (Wildman–Crippen LogP) is 0.425. The Bertz CT molecular complexity index is 597. The molecule has 0 heterocycles. The average molecular weight is 247 g/mol. The van der Waals surface area contributed by atoms with Gasteiger partial charge in [0.2, 0.25) is 5.91 Å². The second-order valence-corrected chi connectivity index (χ2v) is 4.01. The van der Waals surface area contributed by atoms with Crippen LogP contribution in [0.3, 0.4) is 0 Å². The zero-order chi connectivity index (χ0) is 13.3. The Morgan fingerprint density at radius 1 is 1.06 bits per heavy atom. The molecule has 0 spiro atoms. The lowest BCUT2D eigenvalue weighted by Gasteiger charge is -2.17.